The maximum absolute atomic E-state index is 12.6. The van der Waals surface area contributed by atoms with E-state index < -0.39 is 0 Å². The first-order valence-electron chi connectivity index (χ1n) is 11.9. The minimum absolute atomic E-state index is 0.0226. The molecule has 2 aliphatic heterocycles. The molecule has 180 valence electrons. The number of amides is 1. The van der Waals surface area contributed by atoms with Crippen molar-refractivity contribution in [1.29, 1.82) is 5.26 Å². The Bertz CT molecular complexity index is 1340. The normalized spacial score (nSPS) is 15.9. The Morgan fingerprint density at radius 3 is 2.42 bits per heavy atom. The van der Waals surface area contributed by atoms with E-state index in [2.05, 4.69) is 11.1 Å². The number of amidine groups is 1. The highest BCUT2D eigenvalue weighted by Gasteiger charge is 2.32. The van der Waals surface area contributed by atoms with E-state index >= 15 is 0 Å². The van der Waals surface area contributed by atoms with Gasteiger partial charge < -0.3 is 9.47 Å². The number of rotatable bonds is 8. The van der Waals surface area contributed by atoms with Gasteiger partial charge in [0.05, 0.1) is 24.8 Å². The third kappa shape index (κ3) is 5.61. The third-order valence-electron chi connectivity index (χ3n) is 5.86. The molecule has 3 aromatic carbocycles. The van der Waals surface area contributed by atoms with Gasteiger partial charge in [0.1, 0.15) is 17.2 Å². The van der Waals surface area contributed by atoms with Crippen LogP contribution in [0.3, 0.4) is 0 Å². The SMILES string of the molecule is N#Cc1ccc(-c2ccc(OCCCOc3cccc(/C=C4\N=C5SCCCN5C4=O)c3)cc2)cc1. The van der Waals surface area contributed by atoms with Gasteiger partial charge in [0.15, 0.2) is 5.17 Å². The van der Waals surface area contributed by atoms with Crippen LogP contribution in [0, 0.1) is 11.3 Å². The van der Waals surface area contributed by atoms with Crippen LogP contribution in [0.4, 0.5) is 0 Å². The quantitative estimate of drug-likeness (QED) is 0.294. The number of carbonyl (C=O) groups is 1. The zero-order chi connectivity index (χ0) is 24.7. The smallest absolute Gasteiger partial charge is 0.278 e. The molecule has 0 bridgehead atoms. The average Bonchev–Trinajstić information content (AvgIpc) is 3.24. The zero-order valence-electron chi connectivity index (χ0n) is 19.7. The minimum atomic E-state index is -0.0226. The Hall–Kier alpha value is -4.02. The molecule has 6 nitrogen and oxygen atoms in total. The lowest BCUT2D eigenvalue weighted by molar-refractivity contribution is -0.122. The molecule has 0 saturated carbocycles. The second kappa shape index (κ2) is 11.1. The summed E-state index contributed by atoms with van der Waals surface area (Å²) in [7, 11) is 0. The van der Waals surface area contributed by atoms with Crippen molar-refractivity contribution in [1.82, 2.24) is 4.90 Å². The average molecular weight is 496 g/mol. The maximum atomic E-state index is 12.6. The highest BCUT2D eigenvalue weighted by atomic mass is 32.2. The predicted molar refractivity (Wildman–Crippen MR) is 143 cm³/mol. The Morgan fingerprint density at radius 2 is 1.69 bits per heavy atom. The number of nitrogens with zero attached hydrogens (tertiary/aromatic N) is 3. The molecule has 0 atom stereocenters. The van der Waals surface area contributed by atoms with Crippen molar-refractivity contribution in [2.24, 2.45) is 4.99 Å². The van der Waals surface area contributed by atoms with Crippen LogP contribution in [0.1, 0.15) is 24.0 Å². The first-order valence-corrected chi connectivity index (χ1v) is 12.9. The summed E-state index contributed by atoms with van der Waals surface area (Å²) < 4.78 is 11.7. The lowest BCUT2D eigenvalue weighted by atomic mass is 10.0. The fourth-order valence-electron chi connectivity index (χ4n) is 4.00. The molecular weight excluding hydrogens is 470 g/mol. The van der Waals surface area contributed by atoms with Crippen molar-refractivity contribution in [2.45, 2.75) is 12.8 Å². The van der Waals surface area contributed by atoms with Crippen LogP contribution < -0.4 is 9.47 Å². The van der Waals surface area contributed by atoms with E-state index in [9.17, 15) is 4.79 Å². The minimum Gasteiger partial charge on any atom is -0.493 e. The van der Waals surface area contributed by atoms with Crippen molar-refractivity contribution >= 4 is 28.9 Å². The number of carbonyl (C=O) groups excluding carboxylic acids is 1. The second-order valence-electron chi connectivity index (χ2n) is 8.42. The third-order valence-corrected chi connectivity index (χ3v) is 6.92. The molecular formula is C29H25N3O3S. The molecule has 2 aliphatic rings. The predicted octanol–water partition coefficient (Wildman–Crippen LogP) is 5.75. The molecule has 2 heterocycles. The van der Waals surface area contributed by atoms with E-state index in [-0.39, 0.29) is 5.91 Å². The summed E-state index contributed by atoms with van der Waals surface area (Å²) in [5, 5.41) is 9.75. The number of fused-ring (bicyclic) bond motifs is 1. The van der Waals surface area contributed by atoms with Crippen LogP contribution in [-0.2, 0) is 4.79 Å². The first-order chi connectivity index (χ1) is 17.7. The first kappa shape index (κ1) is 23.7. The topological polar surface area (TPSA) is 74.9 Å². The van der Waals surface area contributed by atoms with Gasteiger partial charge in [-0.05, 0) is 65.6 Å². The molecule has 5 rings (SSSR count). The maximum Gasteiger partial charge on any atom is 0.278 e. The molecule has 0 aromatic heterocycles. The van der Waals surface area contributed by atoms with E-state index in [0.717, 1.165) is 58.5 Å². The van der Waals surface area contributed by atoms with Crippen molar-refractivity contribution in [3.63, 3.8) is 0 Å². The van der Waals surface area contributed by atoms with E-state index in [1.807, 2.05) is 78.9 Å². The van der Waals surface area contributed by atoms with Crippen LogP contribution in [0.2, 0.25) is 0 Å². The van der Waals surface area contributed by atoms with Gasteiger partial charge in [0.25, 0.3) is 5.91 Å². The molecule has 0 N–H and O–H groups in total. The molecule has 0 unspecified atom stereocenters. The van der Waals surface area contributed by atoms with Gasteiger partial charge in [0.2, 0.25) is 0 Å². The number of hydrogen-bond donors (Lipinski definition) is 0. The standard InChI is InChI=1S/C29H25N3O3S/c30-20-21-6-8-23(9-7-21)24-10-12-25(13-11-24)34-15-3-16-35-26-5-1-4-22(18-26)19-27-28(33)32-14-2-17-36-29(32)31-27/h1,4-13,18-19H,2-3,14-17H2/b27-19-. The molecule has 1 fully saturated rings. The number of hydrogen-bond acceptors (Lipinski definition) is 6. The Balaban J connectivity index is 1.09. The number of aliphatic imine (C=N–C) groups is 1. The van der Waals surface area contributed by atoms with Gasteiger partial charge in [-0.1, -0.05) is 48.2 Å². The van der Waals surface area contributed by atoms with Gasteiger partial charge in [-0.15, -0.1) is 0 Å². The fraction of sp³-hybridized carbons (Fsp3) is 0.207. The number of benzene rings is 3. The molecule has 0 radical (unpaired) electrons. The van der Waals surface area contributed by atoms with Crippen molar-refractivity contribution < 1.29 is 14.3 Å². The Labute approximate surface area is 214 Å². The number of thioether (sulfide) groups is 1. The fourth-order valence-corrected chi connectivity index (χ4v) is 4.94. The van der Waals surface area contributed by atoms with Crippen LogP contribution in [0.25, 0.3) is 17.2 Å². The van der Waals surface area contributed by atoms with Crippen LogP contribution >= 0.6 is 11.8 Å². The van der Waals surface area contributed by atoms with Gasteiger partial charge in [-0.2, -0.15) is 5.26 Å². The highest BCUT2D eigenvalue weighted by Crippen LogP contribution is 2.28. The van der Waals surface area contributed by atoms with E-state index in [4.69, 9.17) is 14.7 Å². The van der Waals surface area contributed by atoms with Crippen LogP contribution in [-0.4, -0.2) is 41.5 Å². The molecule has 3 aromatic rings. The highest BCUT2D eigenvalue weighted by molar-refractivity contribution is 8.13. The lowest BCUT2D eigenvalue weighted by Crippen LogP contribution is -2.34. The van der Waals surface area contributed by atoms with E-state index in [1.54, 1.807) is 16.7 Å². The summed E-state index contributed by atoms with van der Waals surface area (Å²) in [4.78, 5) is 18.9. The molecule has 1 amide bonds. The molecule has 36 heavy (non-hydrogen) atoms. The van der Waals surface area contributed by atoms with Gasteiger partial charge in [-0.3, -0.25) is 9.69 Å². The summed E-state index contributed by atoms with van der Waals surface area (Å²) in [5.74, 6) is 2.54. The Morgan fingerprint density at radius 1 is 0.972 bits per heavy atom. The van der Waals surface area contributed by atoms with Crippen LogP contribution in [0.15, 0.2) is 83.5 Å². The molecule has 0 spiro atoms. The molecule has 0 aliphatic carbocycles. The van der Waals surface area contributed by atoms with Crippen LogP contribution in [0.5, 0.6) is 11.5 Å². The summed E-state index contributed by atoms with van der Waals surface area (Å²) in [5.41, 5.74) is 4.16. The van der Waals surface area contributed by atoms with E-state index in [1.165, 1.54) is 0 Å². The van der Waals surface area contributed by atoms with Gasteiger partial charge in [0, 0.05) is 18.7 Å². The lowest BCUT2D eigenvalue weighted by Gasteiger charge is -2.21. The Kier molecular flexibility index (Phi) is 7.34. The zero-order valence-corrected chi connectivity index (χ0v) is 20.5. The van der Waals surface area contributed by atoms with Gasteiger partial charge in [-0.25, -0.2) is 4.99 Å². The van der Waals surface area contributed by atoms with Crippen molar-refractivity contribution in [3.05, 3.63) is 89.6 Å². The summed E-state index contributed by atoms with van der Waals surface area (Å²) in [6, 6.07) is 25.3. The second-order valence-corrected chi connectivity index (χ2v) is 9.48. The number of ether oxygens (including phenoxy) is 2. The van der Waals surface area contributed by atoms with E-state index in [0.29, 0.717) is 24.5 Å². The summed E-state index contributed by atoms with van der Waals surface area (Å²) >= 11 is 1.64. The van der Waals surface area contributed by atoms with Crippen molar-refractivity contribution in [2.75, 3.05) is 25.5 Å². The summed E-state index contributed by atoms with van der Waals surface area (Å²) in [6.07, 6.45) is 3.56. The summed E-state index contributed by atoms with van der Waals surface area (Å²) in [6.45, 7) is 1.81. The van der Waals surface area contributed by atoms with Gasteiger partial charge >= 0.3 is 0 Å². The number of nitriles is 1. The van der Waals surface area contributed by atoms with Crippen molar-refractivity contribution in [3.8, 4) is 28.7 Å². The largest absolute Gasteiger partial charge is 0.493 e. The molecule has 1 saturated heterocycles. The molecule has 7 heteroatoms. The monoisotopic (exact) mass is 495 g/mol.